The van der Waals surface area contributed by atoms with Crippen LogP contribution in [0.15, 0.2) is 54.9 Å². The van der Waals surface area contributed by atoms with Crippen molar-refractivity contribution in [3.63, 3.8) is 0 Å². The molecule has 2 rings (SSSR count). The highest BCUT2D eigenvalue weighted by molar-refractivity contribution is 5.55. The van der Waals surface area contributed by atoms with Crippen LogP contribution in [0.2, 0.25) is 0 Å². The van der Waals surface area contributed by atoms with Gasteiger partial charge in [-0.2, -0.15) is 0 Å². The largest absolute Gasteiger partial charge is 0.327 e. The molecule has 0 amide bonds. The normalized spacial score (nSPS) is 11.6. The third-order valence-electron chi connectivity index (χ3n) is 3.01. The molecule has 0 spiro atoms. The monoisotopic (exact) mass is 269 g/mol. The molecule has 0 unspecified atom stereocenters. The minimum atomic E-state index is 0.111. The molecule has 0 aliphatic carbocycles. The van der Waals surface area contributed by atoms with Crippen molar-refractivity contribution < 1.29 is 0 Å². The molecule has 2 aromatic rings. The Morgan fingerprint density at radius 2 is 1.95 bits per heavy atom. The van der Waals surface area contributed by atoms with Crippen molar-refractivity contribution >= 4 is 0 Å². The van der Waals surface area contributed by atoms with Gasteiger partial charge in [0.25, 0.3) is 0 Å². The SMILES string of the molecule is C=C(CNC(C)(C)C)Cn1ccnc1-c1ccccc1. The molecular formula is C17H23N3. The molecule has 3 nitrogen and oxygen atoms in total. The fourth-order valence-electron chi connectivity index (χ4n) is 1.97. The predicted molar refractivity (Wildman–Crippen MR) is 84.6 cm³/mol. The molecule has 1 N–H and O–H groups in total. The van der Waals surface area contributed by atoms with E-state index in [2.05, 4.69) is 54.4 Å². The van der Waals surface area contributed by atoms with E-state index in [-0.39, 0.29) is 5.54 Å². The van der Waals surface area contributed by atoms with Gasteiger partial charge in [0.15, 0.2) is 0 Å². The van der Waals surface area contributed by atoms with Crippen molar-refractivity contribution in [2.75, 3.05) is 6.54 Å². The first-order chi connectivity index (χ1) is 9.46. The minimum absolute atomic E-state index is 0.111. The van der Waals surface area contributed by atoms with Crippen molar-refractivity contribution in [1.82, 2.24) is 14.9 Å². The van der Waals surface area contributed by atoms with Gasteiger partial charge in [-0.3, -0.25) is 0 Å². The number of hydrogen-bond acceptors (Lipinski definition) is 2. The number of hydrogen-bond donors (Lipinski definition) is 1. The summed E-state index contributed by atoms with van der Waals surface area (Å²) in [6, 6.07) is 10.2. The number of nitrogens with one attached hydrogen (secondary N) is 1. The summed E-state index contributed by atoms with van der Waals surface area (Å²) in [7, 11) is 0. The van der Waals surface area contributed by atoms with Crippen molar-refractivity contribution in [3.05, 3.63) is 54.9 Å². The standard InChI is InChI=1S/C17H23N3/c1-14(12-19-17(2,3)4)13-20-11-10-18-16(20)15-8-6-5-7-9-15/h5-11,19H,1,12-13H2,2-4H3. The molecule has 0 saturated carbocycles. The Kier molecular flexibility index (Phi) is 4.40. The van der Waals surface area contributed by atoms with Crippen molar-refractivity contribution in [2.24, 2.45) is 0 Å². The van der Waals surface area contributed by atoms with E-state index in [1.54, 1.807) is 0 Å². The molecule has 0 aliphatic heterocycles. The zero-order valence-electron chi connectivity index (χ0n) is 12.6. The number of imidazole rings is 1. The lowest BCUT2D eigenvalue weighted by molar-refractivity contribution is 0.440. The summed E-state index contributed by atoms with van der Waals surface area (Å²) < 4.78 is 2.14. The molecule has 1 aromatic heterocycles. The Labute approximate surface area is 121 Å². The predicted octanol–water partition coefficient (Wildman–Crippen LogP) is 3.49. The van der Waals surface area contributed by atoms with Crippen LogP contribution in [0.25, 0.3) is 11.4 Å². The third kappa shape index (κ3) is 4.07. The lowest BCUT2D eigenvalue weighted by atomic mass is 10.1. The highest BCUT2D eigenvalue weighted by Crippen LogP contribution is 2.17. The molecule has 1 heterocycles. The second-order valence-electron chi connectivity index (χ2n) is 6.10. The molecule has 20 heavy (non-hydrogen) atoms. The third-order valence-corrected chi connectivity index (χ3v) is 3.01. The van der Waals surface area contributed by atoms with Gasteiger partial charge in [0, 0.05) is 36.6 Å². The first-order valence-corrected chi connectivity index (χ1v) is 6.94. The number of rotatable bonds is 5. The molecule has 0 radical (unpaired) electrons. The zero-order chi connectivity index (χ0) is 14.6. The Balaban J connectivity index is 2.04. The van der Waals surface area contributed by atoms with E-state index in [1.807, 2.05) is 30.6 Å². The number of benzene rings is 1. The minimum Gasteiger partial charge on any atom is -0.327 e. The summed E-state index contributed by atoms with van der Waals surface area (Å²) in [5, 5.41) is 3.46. The fraction of sp³-hybridized carbons (Fsp3) is 0.353. The van der Waals surface area contributed by atoms with Gasteiger partial charge in [-0.25, -0.2) is 4.98 Å². The van der Waals surface area contributed by atoms with Crippen molar-refractivity contribution in [2.45, 2.75) is 32.9 Å². The fourth-order valence-corrected chi connectivity index (χ4v) is 1.97. The highest BCUT2D eigenvalue weighted by atomic mass is 15.1. The van der Waals surface area contributed by atoms with E-state index in [4.69, 9.17) is 0 Å². The molecule has 0 bridgehead atoms. The summed E-state index contributed by atoms with van der Waals surface area (Å²) in [6.45, 7) is 12.2. The molecule has 1 aromatic carbocycles. The summed E-state index contributed by atoms with van der Waals surface area (Å²) in [5.74, 6) is 0.988. The van der Waals surface area contributed by atoms with Crippen LogP contribution < -0.4 is 5.32 Å². The Hall–Kier alpha value is -1.87. The maximum absolute atomic E-state index is 4.45. The van der Waals surface area contributed by atoms with Gasteiger partial charge in [0.1, 0.15) is 5.82 Å². The maximum atomic E-state index is 4.45. The van der Waals surface area contributed by atoms with Crippen LogP contribution in [-0.2, 0) is 6.54 Å². The van der Waals surface area contributed by atoms with E-state index in [0.717, 1.165) is 30.1 Å². The van der Waals surface area contributed by atoms with E-state index in [0.29, 0.717) is 0 Å². The average molecular weight is 269 g/mol. The van der Waals surface area contributed by atoms with Crippen molar-refractivity contribution in [3.8, 4) is 11.4 Å². The summed E-state index contributed by atoms with van der Waals surface area (Å²) in [4.78, 5) is 4.45. The van der Waals surface area contributed by atoms with Gasteiger partial charge in [-0.1, -0.05) is 36.9 Å². The highest BCUT2D eigenvalue weighted by Gasteiger charge is 2.10. The summed E-state index contributed by atoms with van der Waals surface area (Å²) in [5.41, 5.74) is 2.39. The molecule has 106 valence electrons. The van der Waals surface area contributed by atoms with Crippen molar-refractivity contribution in [1.29, 1.82) is 0 Å². The van der Waals surface area contributed by atoms with E-state index in [9.17, 15) is 0 Å². The lowest BCUT2D eigenvalue weighted by Gasteiger charge is -2.21. The second-order valence-corrected chi connectivity index (χ2v) is 6.10. The molecule has 0 fully saturated rings. The van der Waals surface area contributed by atoms with Gasteiger partial charge in [0.2, 0.25) is 0 Å². The van der Waals surface area contributed by atoms with Crippen LogP contribution in [0.4, 0.5) is 0 Å². The van der Waals surface area contributed by atoms with Crippen LogP contribution in [-0.4, -0.2) is 21.6 Å². The molecule has 0 atom stereocenters. The first kappa shape index (κ1) is 14.5. The van der Waals surface area contributed by atoms with E-state index < -0.39 is 0 Å². The number of aromatic nitrogens is 2. The van der Waals surface area contributed by atoms with E-state index in [1.165, 1.54) is 0 Å². The lowest BCUT2D eigenvalue weighted by Crippen LogP contribution is -2.37. The second kappa shape index (κ2) is 6.06. The van der Waals surface area contributed by atoms with Gasteiger partial charge in [-0.05, 0) is 26.3 Å². The van der Waals surface area contributed by atoms with Gasteiger partial charge in [-0.15, -0.1) is 0 Å². The average Bonchev–Trinajstić information content (AvgIpc) is 2.85. The van der Waals surface area contributed by atoms with Crippen LogP contribution in [0.1, 0.15) is 20.8 Å². The quantitative estimate of drug-likeness (QED) is 0.842. The smallest absolute Gasteiger partial charge is 0.140 e. The molecule has 0 saturated heterocycles. The Morgan fingerprint density at radius 1 is 1.25 bits per heavy atom. The van der Waals surface area contributed by atoms with Gasteiger partial charge >= 0.3 is 0 Å². The topological polar surface area (TPSA) is 29.9 Å². The molecule has 3 heteroatoms. The van der Waals surface area contributed by atoms with E-state index >= 15 is 0 Å². The first-order valence-electron chi connectivity index (χ1n) is 6.94. The number of nitrogens with zero attached hydrogens (tertiary/aromatic N) is 2. The van der Waals surface area contributed by atoms with Gasteiger partial charge < -0.3 is 9.88 Å². The summed E-state index contributed by atoms with van der Waals surface area (Å²) >= 11 is 0. The molecular weight excluding hydrogens is 246 g/mol. The van der Waals surface area contributed by atoms with Crippen LogP contribution in [0.3, 0.4) is 0 Å². The maximum Gasteiger partial charge on any atom is 0.140 e. The Morgan fingerprint density at radius 3 is 2.60 bits per heavy atom. The van der Waals surface area contributed by atoms with Gasteiger partial charge in [0.05, 0.1) is 0 Å². The summed E-state index contributed by atoms with van der Waals surface area (Å²) in [6.07, 6.45) is 3.84. The van der Waals surface area contributed by atoms with Crippen LogP contribution in [0, 0.1) is 0 Å². The zero-order valence-corrected chi connectivity index (χ0v) is 12.6. The van der Waals surface area contributed by atoms with Crippen LogP contribution >= 0.6 is 0 Å². The Bertz CT molecular complexity index is 561. The molecule has 0 aliphatic rings. The van der Waals surface area contributed by atoms with Crippen LogP contribution in [0.5, 0.6) is 0 Å².